The Morgan fingerprint density at radius 2 is 1.38 bits per heavy atom. The predicted octanol–water partition coefficient (Wildman–Crippen LogP) is 8.70. The molecule has 0 radical (unpaired) electrons. The number of pyridine rings is 3. The van der Waals surface area contributed by atoms with Gasteiger partial charge in [-0.2, -0.15) is 0 Å². The first-order chi connectivity index (χ1) is 19.2. The van der Waals surface area contributed by atoms with E-state index in [2.05, 4.69) is 109 Å². The van der Waals surface area contributed by atoms with E-state index in [0.717, 1.165) is 50.5 Å². The molecule has 4 aromatic heterocycles. The van der Waals surface area contributed by atoms with Crippen LogP contribution in [-0.2, 0) is 6.42 Å². The standard InChI is InChI=1S/C34H23BrN4/c35-25-14-17-28-27-8-2-1-3-11-33(27)39(34(28)22-25)26-15-12-23(13-16-26)24-20-31(29-9-4-6-18-36-29)38-32(21-24)30-10-5-7-19-37-30/h1-10,12-22H,11H2. The van der Waals surface area contributed by atoms with Crippen LogP contribution in [0.4, 0.5) is 0 Å². The van der Waals surface area contributed by atoms with Gasteiger partial charge in [-0.3, -0.25) is 9.97 Å². The number of benzene rings is 2. The predicted molar refractivity (Wildman–Crippen MR) is 163 cm³/mol. The number of halogens is 1. The highest BCUT2D eigenvalue weighted by Gasteiger charge is 2.18. The second-order valence-electron chi connectivity index (χ2n) is 9.45. The Morgan fingerprint density at radius 3 is 2.05 bits per heavy atom. The maximum atomic E-state index is 4.91. The van der Waals surface area contributed by atoms with Gasteiger partial charge in [0.1, 0.15) is 0 Å². The summed E-state index contributed by atoms with van der Waals surface area (Å²) >= 11 is 3.68. The van der Waals surface area contributed by atoms with Gasteiger partial charge in [-0.05, 0) is 71.8 Å². The van der Waals surface area contributed by atoms with Crippen LogP contribution in [0.3, 0.4) is 0 Å². The quantitative estimate of drug-likeness (QED) is 0.214. The maximum absolute atomic E-state index is 4.91. The van der Waals surface area contributed by atoms with Crippen molar-refractivity contribution in [2.45, 2.75) is 6.42 Å². The van der Waals surface area contributed by atoms with Crippen molar-refractivity contribution in [3.05, 3.63) is 137 Å². The highest BCUT2D eigenvalue weighted by Crippen LogP contribution is 2.35. The van der Waals surface area contributed by atoms with Crippen LogP contribution < -0.4 is 0 Å². The van der Waals surface area contributed by atoms with Gasteiger partial charge in [0.15, 0.2) is 0 Å². The number of fused-ring (bicyclic) bond motifs is 3. The van der Waals surface area contributed by atoms with E-state index in [1.807, 2.05) is 36.4 Å². The van der Waals surface area contributed by atoms with Crippen LogP contribution in [-0.4, -0.2) is 19.5 Å². The number of nitrogens with zero attached hydrogens (tertiary/aromatic N) is 4. The Labute approximate surface area is 235 Å². The van der Waals surface area contributed by atoms with Crippen LogP contribution in [0.1, 0.15) is 11.3 Å². The van der Waals surface area contributed by atoms with Gasteiger partial charge in [0.25, 0.3) is 0 Å². The lowest BCUT2D eigenvalue weighted by molar-refractivity contribution is 1.00. The topological polar surface area (TPSA) is 43.6 Å². The fourth-order valence-electron chi connectivity index (χ4n) is 5.22. The largest absolute Gasteiger partial charge is 0.313 e. The normalized spacial score (nSPS) is 12.4. The van der Waals surface area contributed by atoms with E-state index in [0.29, 0.717) is 0 Å². The lowest BCUT2D eigenvalue weighted by Gasteiger charge is -2.13. The highest BCUT2D eigenvalue weighted by atomic mass is 79.9. The van der Waals surface area contributed by atoms with E-state index in [9.17, 15) is 0 Å². The molecule has 1 aliphatic rings. The first-order valence-corrected chi connectivity index (χ1v) is 13.7. The van der Waals surface area contributed by atoms with Crippen molar-refractivity contribution in [3.8, 4) is 39.6 Å². The van der Waals surface area contributed by atoms with Crippen LogP contribution in [0, 0.1) is 0 Å². The van der Waals surface area contributed by atoms with Crippen LogP contribution in [0.5, 0.6) is 0 Å². The summed E-state index contributed by atoms with van der Waals surface area (Å²) in [7, 11) is 0. The molecular weight excluding hydrogens is 544 g/mol. The molecule has 0 spiro atoms. The van der Waals surface area contributed by atoms with E-state index in [4.69, 9.17) is 4.98 Å². The zero-order chi connectivity index (χ0) is 26.2. The van der Waals surface area contributed by atoms with E-state index in [-0.39, 0.29) is 0 Å². The molecule has 5 heteroatoms. The van der Waals surface area contributed by atoms with Crippen molar-refractivity contribution in [1.82, 2.24) is 19.5 Å². The summed E-state index contributed by atoms with van der Waals surface area (Å²) in [6.45, 7) is 0. The number of allylic oxidation sites excluding steroid dienone is 3. The van der Waals surface area contributed by atoms with Crippen LogP contribution >= 0.6 is 15.9 Å². The SMILES string of the molecule is Brc1ccc2c3c(n(-c4ccc(-c5cc(-c6ccccn6)nc(-c6ccccn6)c5)cc4)c2c1)CC=CC=C3. The Morgan fingerprint density at radius 1 is 0.667 bits per heavy atom. The third-order valence-electron chi connectivity index (χ3n) is 7.03. The second-order valence-corrected chi connectivity index (χ2v) is 10.4. The maximum Gasteiger partial charge on any atom is 0.0900 e. The fourth-order valence-corrected chi connectivity index (χ4v) is 5.57. The highest BCUT2D eigenvalue weighted by molar-refractivity contribution is 9.10. The lowest BCUT2D eigenvalue weighted by atomic mass is 10.0. The molecule has 0 atom stereocenters. The molecule has 2 aromatic carbocycles. The Kier molecular flexibility index (Phi) is 5.99. The molecule has 0 aliphatic heterocycles. The van der Waals surface area contributed by atoms with Crippen LogP contribution in [0.15, 0.2) is 126 Å². The molecule has 0 fully saturated rings. The average molecular weight is 567 g/mol. The van der Waals surface area contributed by atoms with Gasteiger partial charge in [-0.1, -0.05) is 70.6 Å². The van der Waals surface area contributed by atoms with Gasteiger partial charge >= 0.3 is 0 Å². The van der Waals surface area contributed by atoms with Gasteiger partial charge in [0.05, 0.1) is 28.3 Å². The van der Waals surface area contributed by atoms with Crippen molar-refractivity contribution in [1.29, 1.82) is 0 Å². The average Bonchev–Trinajstić information content (AvgIpc) is 3.11. The molecule has 0 saturated heterocycles. The molecule has 0 unspecified atom stereocenters. The summed E-state index contributed by atoms with van der Waals surface area (Å²) in [6, 6.07) is 31.3. The zero-order valence-electron chi connectivity index (χ0n) is 21.0. The van der Waals surface area contributed by atoms with Crippen LogP contribution in [0.2, 0.25) is 0 Å². The molecule has 39 heavy (non-hydrogen) atoms. The first kappa shape index (κ1) is 23.5. The van der Waals surface area contributed by atoms with Gasteiger partial charge in [0.2, 0.25) is 0 Å². The molecule has 186 valence electrons. The Hall–Kier alpha value is -4.61. The number of hydrogen-bond donors (Lipinski definition) is 0. The van der Waals surface area contributed by atoms with Gasteiger partial charge in [-0.25, -0.2) is 4.98 Å². The van der Waals surface area contributed by atoms with Gasteiger partial charge < -0.3 is 4.57 Å². The van der Waals surface area contributed by atoms with Crippen molar-refractivity contribution in [2.24, 2.45) is 0 Å². The van der Waals surface area contributed by atoms with Crippen molar-refractivity contribution < 1.29 is 0 Å². The molecular formula is C34H23BrN4. The number of hydrogen-bond acceptors (Lipinski definition) is 3. The summed E-state index contributed by atoms with van der Waals surface area (Å²) in [5.41, 5.74) is 10.4. The first-order valence-electron chi connectivity index (χ1n) is 12.9. The molecule has 7 rings (SSSR count). The smallest absolute Gasteiger partial charge is 0.0900 e. The lowest BCUT2D eigenvalue weighted by Crippen LogP contribution is -2.00. The summed E-state index contributed by atoms with van der Waals surface area (Å²) in [4.78, 5) is 14.0. The molecule has 4 nitrogen and oxygen atoms in total. The minimum Gasteiger partial charge on any atom is -0.313 e. The zero-order valence-corrected chi connectivity index (χ0v) is 22.6. The second kappa shape index (κ2) is 9.93. The molecule has 0 bridgehead atoms. The summed E-state index contributed by atoms with van der Waals surface area (Å²) in [6.07, 6.45) is 13.2. The van der Waals surface area contributed by atoms with Gasteiger partial charge in [0, 0.05) is 45.6 Å². The molecule has 0 N–H and O–H groups in total. The number of aromatic nitrogens is 4. The summed E-state index contributed by atoms with van der Waals surface area (Å²) in [5, 5.41) is 1.26. The van der Waals surface area contributed by atoms with E-state index in [1.54, 1.807) is 12.4 Å². The van der Waals surface area contributed by atoms with E-state index < -0.39 is 0 Å². The third kappa shape index (κ3) is 4.41. The number of rotatable bonds is 4. The summed E-state index contributed by atoms with van der Waals surface area (Å²) in [5.74, 6) is 0. The minimum atomic E-state index is 0.822. The van der Waals surface area contributed by atoms with Gasteiger partial charge in [-0.15, -0.1) is 0 Å². The van der Waals surface area contributed by atoms with E-state index >= 15 is 0 Å². The Balaban J connectivity index is 1.36. The Bertz CT molecular complexity index is 1810. The monoisotopic (exact) mass is 566 g/mol. The van der Waals surface area contributed by atoms with Crippen LogP contribution in [0.25, 0.3) is 56.6 Å². The van der Waals surface area contributed by atoms with Crippen molar-refractivity contribution >= 4 is 32.9 Å². The third-order valence-corrected chi connectivity index (χ3v) is 7.53. The molecule has 1 aliphatic carbocycles. The van der Waals surface area contributed by atoms with E-state index in [1.165, 1.54) is 22.2 Å². The molecule has 4 heterocycles. The molecule has 0 saturated carbocycles. The van der Waals surface area contributed by atoms with Crippen molar-refractivity contribution in [3.63, 3.8) is 0 Å². The molecule has 0 amide bonds. The van der Waals surface area contributed by atoms with Crippen molar-refractivity contribution in [2.75, 3.05) is 0 Å². The minimum absolute atomic E-state index is 0.822. The molecule has 6 aromatic rings. The summed E-state index contributed by atoms with van der Waals surface area (Å²) < 4.78 is 3.45. The fraction of sp³-hybridized carbons (Fsp3) is 0.0294.